The molecule has 1 amide bonds. The van der Waals surface area contributed by atoms with Crippen LogP contribution in [-0.4, -0.2) is 22.7 Å². The molecule has 0 bridgehead atoms. The molecule has 26 heavy (non-hydrogen) atoms. The number of para-hydroxylation sites is 2. The van der Waals surface area contributed by atoms with Gasteiger partial charge in [0.2, 0.25) is 5.13 Å². The molecule has 0 aliphatic carbocycles. The summed E-state index contributed by atoms with van der Waals surface area (Å²) in [6.07, 6.45) is 0. The molecule has 0 saturated carbocycles. The number of anilines is 1. The zero-order chi connectivity index (χ0) is 18.4. The maximum Gasteiger partial charge on any atom is 0.264 e. The Kier molecular flexibility index (Phi) is 6.04. The van der Waals surface area contributed by atoms with Gasteiger partial charge in [0.05, 0.1) is 5.02 Å². The number of aryl methyl sites for hydroxylation is 1. The van der Waals surface area contributed by atoms with Gasteiger partial charge in [0.25, 0.3) is 5.91 Å². The van der Waals surface area contributed by atoms with E-state index in [9.17, 15) is 4.79 Å². The van der Waals surface area contributed by atoms with Crippen molar-refractivity contribution in [1.82, 2.24) is 10.2 Å². The van der Waals surface area contributed by atoms with Crippen LogP contribution in [0.4, 0.5) is 5.13 Å². The van der Waals surface area contributed by atoms with Gasteiger partial charge in [-0.2, -0.15) is 0 Å². The number of aromatic nitrogens is 2. The lowest BCUT2D eigenvalue weighted by atomic mass is 10.2. The van der Waals surface area contributed by atoms with E-state index in [1.807, 2.05) is 31.2 Å². The highest BCUT2D eigenvalue weighted by atomic mass is 35.5. The topological polar surface area (TPSA) is 73.3 Å². The van der Waals surface area contributed by atoms with Crippen LogP contribution in [0.15, 0.2) is 48.5 Å². The number of amides is 1. The Balaban J connectivity index is 1.49. The number of carbonyl (C=O) groups excluding carboxylic acids is 1. The van der Waals surface area contributed by atoms with Crippen LogP contribution in [-0.2, 0) is 11.4 Å². The lowest BCUT2D eigenvalue weighted by molar-refractivity contribution is -0.118. The SMILES string of the molecule is Cc1ccccc1OCc1nnc(NC(=O)COc2ccccc2Cl)s1. The fourth-order valence-electron chi connectivity index (χ4n) is 2.08. The molecular weight excluding hydrogens is 374 g/mol. The molecule has 0 saturated heterocycles. The van der Waals surface area contributed by atoms with Gasteiger partial charge in [0.15, 0.2) is 11.6 Å². The highest BCUT2D eigenvalue weighted by Gasteiger charge is 2.10. The number of carbonyl (C=O) groups is 1. The van der Waals surface area contributed by atoms with Gasteiger partial charge >= 0.3 is 0 Å². The average molecular weight is 390 g/mol. The monoisotopic (exact) mass is 389 g/mol. The minimum atomic E-state index is -0.340. The molecule has 3 rings (SSSR count). The third-order valence-electron chi connectivity index (χ3n) is 3.35. The maximum absolute atomic E-state index is 12.0. The molecule has 6 nitrogen and oxygen atoms in total. The molecule has 0 aliphatic rings. The first kappa shape index (κ1) is 18.2. The van der Waals surface area contributed by atoms with E-state index in [-0.39, 0.29) is 19.1 Å². The van der Waals surface area contributed by atoms with Crippen LogP contribution in [0.25, 0.3) is 0 Å². The number of halogens is 1. The third kappa shape index (κ3) is 4.93. The molecule has 2 aromatic carbocycles. The molecule has 0 unspecified atom stereocenters. The number of benzene rings is 2. The number of nitrogens with one attached hydrogen (secondary N) is 1. The van der Waals surface area contributed by atoms with Crippen LogP contribution in [0.2, 0.25) is 5.02 Å². The van der Waals surface area contributed by atoms with Crippen molar-refractivity contribution in [3.05, 3.63) is 64.1 Å². The molecule has 0 aliphatic heterocycles. The Labute approximate surface area is 159 Å². The van der Waals surface area contributed by atoms with Crippen LogP contribution < -0.4 is 14.8 Å². The summed E-state index contributed by atoms with van der Waals surface area (Å²) in [5.74, 6) is 0.905. The summed E-state index contributed by atoms with van der Waals surface area (Å²) in [6.45, 7) is 2.09. The second-order valence-electron chi connectivity index (χ2n) is 5.32. The Bertz CT molecular complexity index is 901. The first-order valence-corrected chi connectivity index (χ1v) is 8.99. The van der Waals surface area contributed by atoms with Gasteiger partial charge < -0.3 is 9.47 Å². The van der Waals surface area contributed by atoms with Crippen molar-refractivity contribution in [3.8, 4) is 11.5 Å². The van der Waals surface area contributed by atoms with Crippen molar-refractivity contribution >= 4 is 34.0 Å². The second kappa shape index (κ2) is 8.64. The molecule has 3 aromatic rings. The molecule has 1 aromatic heterocycles. The van der Waals surface area contributed by atoms with Crippen LogP contribution in [0.5, 0.6) is 11.5 Å². The summed E-state index contributed by atoms with van der Waals surface area (Å²) < 4.78 is 11.1. The zero-order valence-electron chi connectivity index (χ0n) is 13.9. The van der Waals surface area contributed by atoms with Crippen LogP contribution in [0, 0.1) is 6.92 Å². The number of nitrogens with zero attached hydrogens (tertiary/aromatic N) is 2. The molecule has 0 fully saturated rings. The average Bonchev–Trinajstić information content (AvgIpc) is 3.08. The van der Waals surface area contributed by atoms with Crippen molar-refractivity contribution in [2.45, 2.75) is 13.5 Å². The molecule has 1 N–H and O–H groups in total. The van der Waals surface area contributed by atoms with Gasteiger partial charge in [-0.1, -0.05) is 53.3 Å². The molecule has 134 valence electrons. The Hall–Kier alpha value is -2.64. The fraction of sp³-hybridized carbons (Fsp3) is 0.167. The highest BCUT2D eigenvalue weighted by Crippen LogP contribution is 2.23. The van der Waals surface area contributed by atoms with Gasteiger partial charge in [0, 0.05) is 0 Å². The van der Waals surface area contributed by atoms with Gasteiger partial charge in [-0.15, -0.1) is 10.2 Å². The lowest BCUT2D eigenvalue weighted by Crippen LogP contribution is -2.20. The quantitative estimate of drug-likeness (QED) is 0.658. The summed E-state index contributed by atoms with van der Waals surface area (Å²) in [4.78, 5) is 12.0. The number of hydrogen-bond donors (Lipinski definition) is 1. The smallest absolute Gasteiger partial charge is 0.264 e. The minimum absolute atomic E-state index is 0.168. The van der Waals surface area contributed by atoms with Crippen LogP contribution in [0.1, 0.15) is 10.6 Å². The maximum atomic E-state index is 12.0. The predicted octanol–water partition coefficient (Wildman–Crippen LogP) is 4.10. The van der Waals surface area contributed by atoms with Crippen LogP contribution in [0.3, 0.4) is 0 Å². The van der Waals surface area contributed by atoms with Crippen molar-refractivity contribution in [2.24, 2.45) is 0 Å². The largest absolute Gasteiger partial charge is 0.486 e. The highest BCUT2D eigenvalue weighted by molar-refractivity contribution is 7.15. The fourth-order valence-corrected chi connectivity index (χ4v) is 2.94. The molecule has 0 radical (unpaired) electrons. The van der Waals surface area contributed by atoms with E-state index >= 15 is 0 Å². The Morgan fingerprint density at radius 1 is 1.08 bits per heavy atom. The summed E-state index contributed by atoms with van der Waals surface area (Å²) in [5, 5.41) is 12.1. The zero-order valence-corrected chi connectivity index (χ0v) is 15.5. The van der Waals surface area contributed by atoms with E-state index < -0.39 is 0 Å². The van der Waals surface area contributed by atoms with Crippen LogP contribution >= 0.6 is 22.9 Å². The predicted molar refractivity (Wildman–Crippen MR) is 101 cm³/mol. The Morgan fingerprint density at radius 3 is 2.58 bits per heavy atom. The van der Waals surface area contributed by atoms with Crippen molar-refractivity contribution in [1.29, 1.82) is 0 Å². The van der Waals surface area contributed by atoms with E-state index in [4.69, 9.17) is 21.1 Å². The van der Waals surface area contributed by atoms with Crippen molar-refractivity contribution < 1.29 is 14.3 Å². The first-order chi connectivity index (χ1) is 12.6. The van der Waals surface area contributed by atoms with E-state index in [1.54, 1.807) is 24.3 Å². The van der Waals surface area contributed by atoms with Gasteiger partial charge in [-0.25, -0.2) is 0 Å². The van der Waals surface area contributed by atoms with E-state index in [2.05, 4.69) is 15.5 Å². The second-order valence-corrected chi connectivity index (χ2v) is 6.79. The van der Waals surface area contributed by atoms with Gasteiger partial charge in [-0.3, -0.25) is 10.1 Å². The van der Waals surface area contributed by atoms with Gasteiger partial charge in [-0.05, 0) is 30.7 Å². The molecule has 0 spiro atoms. The number of ether oxygens (including phenoxy) is 2. The summed E-state index contributed by atoms with van der Waals surface area (Å²) in [5.41, 5.74) is 1.04. The molecular formula is C18H16ClN3O3S. The summed E-state index contributed by atoms with van der Waals surface area (Å²) in [7, 11) is 0. The summed E-state index contributed by atoms with van der Waals surface area (Å²) in [6, 6.07) is 14.7. The number of rotatable bonds is 7. The molecule has 8 heteroatoms. The third-order valence-corrected chi connectivity index (χ3v) is 4.48. The van der Waals surface area contributed by atoms with Crippen molar-refractivity contribution in [3.63, 3.8) is 0 Å². The Morgan fingerprint density at radius 2 is 1.81 bits per heavy atom. The van der Waals surface area contributed by atoms with E-state index in [0.29, 0.717) is 20.9 Å². The number of hydrogen-bond acceptors (Lipinski definition) is 6. The lowest BCUT2D eigenvalue weighted by Gasteiger charge is -2.07. The summed E-state index contributed by atoms with van der Waals surface area (Å²) >= 11 is 7.23. The molecule has 1 heterocycles. The van der Waals surface area contributed by atoms with Gasteiger partial charge in [0.1, 0.15) is 18.1 Å². The minimum Gasteiger partial charge on any atom is -0.486 e. The molecule has 0 atom stereocenters. The van der Waals surface area contributed by atoms with Crippen molar-refractivity contribution in [2.75, 3.05) is 11.9 Å². The standard InChI is InChI=1S/C18H16ClN3O3S/c1-12-6-2-4-8-14(12)25-11-17-21-22-18(26-17)20-16(23)10-24-15-9-5-3-7-13(15)19/h2-9H,10-11H2,1H3,(H,20,22,23). The normalized spacial score (nSPS) is 10.4. The first-order valence-electron chi connectivity index (χ1n) is 7.80. The van der Waals surface area contributed by atoms with E-state index in [1.165, 1.54) is 11.3 Å². The van der Waals surface area contributed by atoms with E-state index in [0.717, 1.165) is 11.3 Å².